The third kappa shape index (κ3) is 4.32. The highest BCUT2D eigenvalue weighted by Crippen LogP contribution is 2.25. The van der Waals surface area contributed by atoms with E-state index >= 15 is 0 Å². The summed E-state index contributed by atoms with van der Waals surface area (Å²) in [6.45, 7) is 2.44. The molecule has 0 saturated carbocycles. The molecule has 0 bridgehead atoms. The molecule has 1 aromatic rings. The Morgan fingerprint density at radius 2 is 2.06 bits per heavy atom. The topological polar surface area (TPSA) is 67.8 Å². The lowest BCUT2D eigenvalue weighted by Crippen LogP contribution is -2.36. The second-order valence-corrected chi connectivity index (χ2v) is 3.51. The lowest BCUT2D eigenvalue weighted by Gasteiger charge is -2.12. The van der Waals surface area contributed by atoms with Crippen molar-refractivity contribution in [2.45, 2.75) is 13.0 Å². The average molecular weight is 239 g/mol. The van der Waals surface area contributed by atoms with E-state index in [0.717, 1.165) is 0 Å². The molecule has 0 amide bonds. The smallest absolute Gasteiger partial charge is 0.320 e. The van der Waals surface area contributed by atoms with Crippen LogP contribution in [-0.4, -0.2) is 37.4 Å². The van der Waals surface area contributed by atoms with E-state index in [0.29, 0.717) is 24.7 Å². The number of rotatable bonds is 7. The van der Waals surface area contributed by atoms with Gasteiger partial charge in [0.15, 0.2) is 11.5 Å². The van der Waals surface area contributed by atoms with Crippen molar-refractivity contribution in [2.75, 3.05) is 20.3 Å². The van der Waals surface area contributed by atoms with Crippen molar-refractivity contribution in [2.24, 2.45) is 0 Å². The van der Waals surface area contributed by atoms with Crippen molar-refractivity contribution >= 4 is 5.97 Å². The second-order valence-electron chi connectivity index (χ2n) is 3.51. The van der Waals surface area contributed by atoms with E-state index in [1.165, 1.54) is 0 Å². The Morgan fingerprint density at radius 3 is 2.65 bits per heavy atom. The van der Waals surface area contributed by atoms with E-state index in [2.05, 4.69) is 5.32 Å². The fourth-order valence-electron chi connectivity index (χ4n) is 1.26. The molecule has 0 aliphatic rings. The number of para-hydroxylation sites is 2. The number of carbonyl (C=O) groups is 1. The Morgan fingerprint density at radius 1 is 1.41 bits per heavy atom. The van der Waals surface area contributed by atoms with Crippen molar-refractivity contribution < 1.29 is 19.4 Å². The van der Waals surface area contributed by atoms with Crippen LogP contribution in [0.15, 0.2) is 24.3 Å². The summed E-state index contributed by atoms with van der Waals surface area (Å²) < 4.78 is 10.6. The Labute approximate surface area is 100 Å². The van der Waals surface area contributed by atoms with E-state index in [1.807, 2.05) is 18.2 Å². The molecule has 0 radical (unpaired) electrons. The Hall–Kier alpha value is -1.75. The zero-order chi connectivity index (χ0) is 12.7. The van der Waals surface area contributed by atoms with Gasteiger partial charge in [-0.25, -0.2) is 0 Å². The molecule has 0 aliphatic carbocycles. The summed E-state index contributed by atoms with van der Waals surface area (Å²) in [4.78, 5) is 10.5. The summed E-state index contributed by atoms with van der Waals surface area (Å²) >= 11 is 0. The van der Waals surface area contributed by atoms with Gasteiger partial charge in [0.05, 0.1) is 7.11 Å². The molecule has 5 heteroatoms. The zero-order valence-corrected chi connectivity index (χ0v) is 9.97. The molecule has 0 heterocycles. The fourth-order valence-corrected chi connectivity index (χ4v) is 1.26. The first-order valence-corrected chi connectivity index (χ1v) is 5.37. The Balaban J connectivity index is 2.33. The molecule has 1 rings (SSSR count). The number of methoxy groups -OCH3 is 1. The maximum absolute atomic E-state index is 10.5. The zero-order valence-electron chi connectivity index (χ0n) is 9.97. The summed E-state index contributed by atoms with van der Waals surface area (Å²) in [6.07, 6.45) is 0. The quantitative estimate of drug-likeness (QED) is 0.698. The van der Waals surface area contributed by atoms with Crippen LogP contribution >= 0.6 is 0 Å². The first-order valence-electron chi connectivity index (χ1n) is 5.37. The number of hydrogen-bond donors (Lipinski definition) is 2. The minimum Gasteiger partial charge on any atom is -0.493 e. The van der Waals surface area contributed by atoms with Crippen LogP contribution in [0.4, 0.5) is 0 Å². The van der Waals surface area contributed by atoms with Gasteiger partial charge in [0.1, 0.15) is 12.6 Å². The van der Waals surface area contributed by atoms with Gasteiger partial charge in [-0.05, 0) is 19.1 Å². The lowest BCUT2D eigenvalue weighted by atomic mass is 10.3. The fraction of sp³-hybridized carbons (Fsp3) is 0.417. The van der Waals surface area contributed by atoms with Crippen LogP contribution in [0.1, 0.15) is 6.92 Å². The van der Waals surface area contributed by atoms with E-state index in [4.69, 9.17) is 14.6 Å². The van der Waals surface area contributed by atoms with Gasteiger partial charge >= 0.3 is 5.97 Å². The molecule has 5 nitrogen and oxygen atoms in total. The first-order chi connectivity index (χ1) is 8.15. The predicted octanol–water partition coefficient (Wildman–Crippen LogP) is 1.14. The highest BCUT2D eigenvalue weighted by atomic mass is 16.5. The number of nitrogens with one attached hydrogen (secondary N) is 1. The highest BCUT2D eigenvalue weighted by Gasteiger charge is 2.09. The number of carboxylic acids is 1. The molecule has 17 heavy (non-hydrogen) atoms. The van der Waals surface area contributed by atoms with E-state index in [-0.39, 0.29) is 0 Å². The van der Waals surface area contributed by atoms with Gasteiger partial charge in [-0.15, -0.1) is 0 Å². The molecule has 0 fully saturated rings. The highest BCUT2D eigenvalue weighted by molar-refractivity contribution is 5.72. The van der Waals surface area contributed by atoms with Crippen LogP contribution in [0, 0.1) is 0 Å². The third-order valence-corrected chi connectivity index (χ3v) is 2.25. The standard InChI is InChI=1S/C12H17NO4/c1-9(12(14)15)13-7-8-17-11-6-4-3-5-10(11)16-2/h3-6,9,13H,7-8H2,1-2H3,(H,14,15). The normalized spacial score (nSPS) is 11.9. The van der Waals surface area contributed by atoms with Crippen LogP contribution in [0.5, 0.6) is 11.5 Å². The largest absolute Gasteiger partial charge is 0.493 e. The minimum absolute atomic E-state index is 0.387. The number of aliphatic carboxylic acids is 1. The summed E-state index contributed by atoms with van der Waals surface area (Å²) in [7, 11) is 1.58. The summed E-state index contributed by atoms with van der Waals surface area (Å²) in [5.74, 6) is 0.445. The number of carboxylic acid groups (broad SMARTS) is 1. The van der Waals surface area contributed by atoms with Crippen molar-refractivity contribution in [1.29, 1.82) is 0 Å². The Bertz CT molecular complexity index is 367. The summed E-state index contributed by atoms with van der Waals surface area (Å²) in [5.41, 5.74) is 0. The van der Waals surface area contributed by atoms with Crippen LogP contribution in [0.25, 0.3) is 0 Å². The summed E-state index contributed by atoms with van der Waals surface area (Å²) in [6, 6.07) is 6.75. The molecule has 94 valence electrons. The van der Waals surface area contributed by atoms with E-state index < -0.39 is 12.0 Å². The van der Waals surface area contributed by atoms with E-state index in [9.17, 15) is 4.79 Å². The van der Waals surface area contributed by atoms with E-state index in [1.54, 1.807) is 20.1 Å². The van der Waals surface area contributed by atoms with Crippen LogP contribution in [-0.2, 0) is 4.79 Å². The molecule has 2 N–H and O–H groups in total. The number of benzene rings is 1. The maximum Gasteiger partial charge on any atom is 0.320 e. The molecule has 1 atom stereocenters. The van der Waals surface area contributed by atoms with Gasteiger partial charge in [-0.2, -0.15) is 0 Å². The molecule has 0 aliphatic heterocycles. The molecular weight excluding hydrogens is 222 g/mol. The van der Waals surface area contributed by atoms with Crippen LogP contribution < -0.4 is 14.8 Å². The van der Waals surface area contributed by atoms with Gasteiger partial charge in [-0.1, -0.05) is 12.1 Å². The molecule has 1 aromatic carbocycles. The van der Waals surface area contributed by atoms with Gasteiger partial charge in [0.2, 0.25) is 0 Å². The molecule has 0 spiro atoms. The van der Waals surface area contributed by atoms with Gasteiger partial charge in [-0.3, -0.25) is 4.79 Å². The summed E-state index contributed by atoms with van der Waals surface area (Å²) in [5, 5.41) is 11.5. The maximum atomic E-state index is 10.5. The lowest BCUT2D eigenvalue weighted by molar-refractivity contribution is -0.139. The van der Waals surface area contributed by atoms with Gasteiger partial charge in [0, 0.05) is 6.54 Å². The van der Waals surface area contributed by atoms with Gasteiger partial charge < -0.3 is 19.9 Å². The number of hydrogen-bond acceptors (Lipinski definition) is 4. The van der Waals surface area contributed by atoms with Gasteiger partial charge in [0.25, 0.3) is 0 Å². The van der Waals surface area contributed by atoms with Crippen molar-refractivity contribution in [3.8, 4) is 11.5 Å². The van der Waals surface area contributed by atoms with Crippen molar-refractivity contribution in [3.63, 3.8) is 0 Å². The predicted molar refractivity (Wildman–Crippen MR) is 63.6 cm³/mol. The first kappa shape index (κ1) is 13.3. The number of ether oxygens (including phenoxy) is 2. The molecule has 0 saturated heterocycles. The van der Waals surface area contributed by atoms with Crippen molar-refractivity contribution in [3.05, 3.63) is 24.3 Å². The van der Waals surface area contributed by atoms with Crippen LogP contribution in [0.2, 0.25) is 0 Å². The minimum atomic E-state index is -0.873. The van der Waals surface area contributed by atoms with Crippen molar-refractivity contribution in [1.82, 2.24) is 5.32 Å². The average Bonchev–Trinajstić information content (AvgIpc) is 2.34. The van der Waals surface area contributed by atoms with Crippen LogP contribution in [0.3, 0.4) is 0 Å². The molecule has 0 aromatic heterocycles. The third-order valence-electron chi connectivity index (χ3n) is 2.25. The SMILES string of the molecule is COc1ccccc1OCCNC(C)C(=O)O. The molecule has 1 unspecified atom stereocenters. The monoisotopic (exact) mass is 239 g/mol. The Kier molecular flexibility index (Phi) is 5.29. The molecular formula is C12H17NO4. The second kappa shape index (κ2) is 6.75.